The highest BCUT2D eigenvalue weighted by Crippen LogP contribution is 2.27. The monoisotopic (exact) mass is 340 g/mol. The molecule has 24 heavy (non-hydrogen) atoms. The van der Waals surface area contributed by atoms with Crippen molar-refractivity contribution in [2.24, 2.45) is 5.92 Å². The van der Waals surface area contributed by atoms with Crippen LogP contribution in [-0.2, 0) is 4.79 Å². The summed E-state index contributed by atoms with van der Waals surface area (Å²) in [4.78, 5) is 27.8. The molecule has 0 aromatic heterocycles. The van der Waals surface area contributed by atoms with Gasteiger partial charge in [-0.1, -0.05) is 12.8 Å². The van der Waals surface area contributed by atoms with Gasteiger partial charge in [0.2, 0.25) is 5.91 Å². The SMILES string of the molecule is O=C(c1ccc(F)c(F)c1F)N1CCN(C(=O)C2CCCC2)CC1. The van der Waals surface area contributed by atoms with Crippen molar-refractivity contribution in [3.63, 3.8) is 0 Å². The van der Waals surface area contributed by atoms with Gasteiger partial charge in [0.1, 0.15) is 0 Å². The zero-order chi connectivity index (χ0) is 17.3. The van der Waals surface area contributed by atoms with Gasteiger partial charge in [-0.05, 0) is 25.0 Å². The van der Waals surface area contributed by atoms with E-state index in [2.05, 4.69) is 0 Å². The number of halogens is 3. The quantitative estimate of drug-likeness (QED) is 0.777. The fourth-order valence-electron chi connectivity index (χ4n) is 3.42. The predicted molar refractivity (Wildman–Crippen MR) is 80.8 cm³/mol. The maximum absolute atomic E-state index is 13.8. The summed E-state index contributed by atoms with van der Waals surface area (Å²) < 4.78 is 40.0. The molecule has 1 aliphatic heterocycles. The van der Waals surface area contributed by atoms with Gasteiger partial charge in [-0.3, -0.25) is 9.59 Å². The number of benzene rings is 1. The molecule has 2 fully saturated rings. The largest absolute Gasteiger partial charge is 0.339 e. The van der Waals surface area contributed by atoms with E-state index in [0.717, 1.165) is 37.8 Å². The molecule has 1 saturated heterocycles. The van der Waals surface area contributed by atoms with Gasteiger partial charge in [0.05, 0.1) is 5.56 Å². The van der Waals surface area contributed by atoms with Crippen LogP contribution in [0.15, 0.2) is 12.1 Å². The Labute approximate surface area is 138 Å². The Balaban J connectivity index is 1.63. The highest BCUT2D eigenvalue weighted by molar-refractivity contribution is 5.94. The molecule has 7 heteroatoms. The third-order valence-corrected chi connectivity index (χ3v) is 4.85. The molecule has 2 aliphatic rings. The number of carbonyl (C=O) groups is 2. The number of piperazine rings is 1. The van der Waals surface area contributed by atoms with Crippen LogP contribution in [0.4, 0.5) is 13.2 Å². The minimum Gasteiger partial charge on any atom is -0.339 e. The van der Waals surface area contributed by atoms with Crippen molar-refractivity contribution < 1.29 is 22.8 Å². The number of rotatable bonds is 2. The summed E-state index contributed by atoms with van der Waals surface area (Å²) in [5.74, 6) is -4.91. The zero-order valence-electron chi connectivity index (χ0n) is 13.2. The molecule has 0 bridgehead atoms. The lowest BCUT2D eigenvalue weighted by Crippen LogP contribution is -2.51. The van der Waals surface area contributed by atoms with Crippen LogP contribution >= 0.6 is 0 Å². The standard InChI is InChI=1S/C17H19F3N2O2/c18-13-6-5-12(14(19)15(13)20)17(24)22-9-7-21(8-10-22)16(23)11-3-1-2-4-11/h5-6,11H,1-4,7-10H2. The fraction of sp³-hybridized carbons (Fsp3) is 0.529. The van der Waals surface area contributed by atoms with Crippen LogP contribution in [-0.4, -0.2) is 47.8 Å². The molecule has 1 aromatic rings. The molecule has 0 unspecified atom stereocenters. The molecule has 1 saturated carbocycles. The molecular formula is C17H19F3N2O2. The Bertz CT molecular complexity index is 651. The van der Waals surface area contributed by atoms with Crippen LogP contribution < -0.4 is 0 Å². The van der Waals surface area contributed by atoms with Gasteiger partial charge in [-0.15, -0.1) is 0 Å². The number of carbonyl (C=O) groups excluding carboxylic acids is 2. The van der Waals surface area contributed by atoms with Crippen LogP contribution in [0.2, 0.25) is 0 Å². The molecule has 2 amide bonds. The second-order valence-electron chi connectivity index (χ2n) is 6.32. The summed E-state index contributed by atoms with van der Waals surface area (Å²) >= 11 is 0. The Hall–Kier alpha value is -2.05. The van der Waals surface area contributed by atoms with Crippen molar-refractivity contribution in [3.8, 4) is 0 Å². The number of nitrogens with zero attached hydrogens (tertiary/aromatic N) is 2. The van der Waals surface area contributed by atoms with E-state index >= 15 is 0 Å². The second-order valence-corrected chi connectivity index (χ2v) is 6.32. The minimum atomic E-state index is -1.64. The topological polar surface area (TPSA) is 40.6 Å². The summed E-state index contributed by atoms with van der Waals surface area (Å²) in [6.07, 6.45) is 3.98. The van der Waals surface area contributed by atoms with Crippen LogP contribution in [0, 0.1) is 23.4 Å². The highest BCUT2D eigenvalue weighted by atomic mass is 19.2. The van der Waals surface area contributed by atoms with E-state index in [9.17, 15) is 22.8 Å². The molecular weight excluding hydrogens is 321 g/mol. The first-order valence-electron chi connectivity index (χ1n) is 8.20. The van der Waals surface area contributed by atoms with E-state index in [-0.39, 0.29) is 24.9 Å². The molecule has 0 atom stereocenters. The van der Waals surface area contributed by atoms with Crippen molar-refractivity contribution in [2.75, 3.05) is 26.2 Å². The van der Waals surface area contributed by atoms with Gasteiger partial charge in [0.15, 0.2) is 17.5 Å². The lowest BCUT2D eigenvalue weighted by atomic mass is 10.1. The van der Waals surface area contributed by atoms with Crippen LogP contribution in [0.5, 0.6) is 0 Å². The Morgan fingerprint density at radius 1 is 0.875 bits per heavy atom. The smallest absolute Gasteiger partial charge is 0.257 e. The number of amides is 2. The van der Waals surface area contributed by atoms with E-state index in [1.165, 1.54) is 4.90 Å². The van der Waals surface area contributed by atoms with E-state index in [4.69, 9.17) is 0 Å². The third-order valence-electron chi connectivity index (χ3n) is 4.85. The Kier molecular flexibility index (Phi) is 4.78. The van der Waals surface area contributed by atoms with Gasteiger partial charge < -0.3 is 9.80 Å². The molecule has 1 aromatic carbocycles. The van der Waals surface area contributed by atoms with Crippen molar-refractivity contribution in [1.82, 2.24) is 9.80 Å². The van der Waals surface area contributed by atoms with Crippen molar-refractivity contribution >= 4 is 11.8 Å². The molecule has 130 valence electrons. The number of hydrogen-bond donors (Lipinski definition) is 0. The first-order chi connectivity index (χ1) is 11.5. The maximum atomic E-state index is 13.8. The second kappa shape index (κ2) is 6.83. The van der Waals surface area contributed by atoms with Gasteiger partial charge >= 0.3 is 0 Å². The number of hydrogen-bond acceptors (Lipinski definition) is 2. The molecule has 4 nitrogen and oxygen atoms in total. The van der Waals surface area contributed by atoms with Crippen molar-refractivity contribution in [3.05, 3.63) is 35.1 Å². The van der Waals surface area contributed by atoms with Crippen molar-refractivity contribution in [1.29, 1.82) is 0 Å². The van der Waals surface area contributed by atoms with Gasteiger partial charge in [-0.25, -0.2) is 13.2 Å². The van der Waals surface area contributed by atoms with E-state index in [1.54, 1.807) is 4.90 Å². The van der Waals surface area contributed by atoms with E-state index < -0.39 is 28.9 Å². The van der Waals surface area contributed by atoms with Crippen LogP contribution in [0.3, 0.4) is 0 Å². The van der Waals surface area contributed by atoms with Gasteiger partial charge in [0.25, 0.3) is 5.91 Å². The average molecular weight is 340 g/mol. The zero-order valence-corrected chi connectivity index (χ0v) is 13.2. The summed E-state index contributed by atoms with van der Waals surface area (Å²) in [6, 6.07) is 1.69. The Morgan fingerprint density at radius 3 is 2.08 bits per heavy atom. The molecule has 3 rings (SSSR count). The summed E-state index contributed by atoms with van der Waals surface area (Å²) in [6.45, 7) is 1.28. The minimum absolute atomic E-state index is 0.0795. The molecule has 1 heterocycles. The predicted octanol–water partition coefficient (Wildman–Crippen LogP) is 2.58. The lowest BCUT2D eigenvalue weighted by molar-refractivity contribution is -0.136. The van der Waals surface area contributed by atoms with Gasteiger partial charge in [0, 0.05) is 32.1 Å². The van der Waals surface area contributed by atoms with E-state index in [0.29, 0.717) is 13.1 Å². The van der Waals surface area contributed by atoms with Gasteiger partial charge in [-0.2, -0.15) is 0 Å². The molecule has 0 spiro atoms. The van der Waals surface area contributed by atoms with Crippen LogP contribution in [0.1, 0.15) is 36.0 Å². The average Bonchev–Trinajstić information content (AvgIpc) is 3.13. The fourth-order valence-corrected chi connectivity index (χ4v) is 3.42. The Morgan fingerprint density at radius 2 is 1.46 bits per heavy atom. The normalized spacial score (nSPS) is 19.0. The lowest BCUT2D eigenvalue weighted by Gasteiger charge is -2.36. The first kappa shape index (κ1) is 16.8. The van der Waals surface area contributed by atoms with Crippen molar-refractivity contribution in [2.45, 2.75) is 25.7 Å². The summed E-state index contributed by atoms with van der Waals surface area (Å²) in [5, 5.41) is 0. The van der Waals surface area contributed by atoms with E-state index in [1.807, 2.05) is 0 Å². The molecule has 0 N–H and O–H groups in total. The first-order valence-corrected chi connectivity index (χ1v) is 8.20. The third kappa shape index (κ3) is 3.12. The molecule has 0 radical (unpaired) electrons. The highest BCUT2D eigenvalue weighted by Gasteiger charge is 2.31. The maximum Gasteiger partial charge on any atom is 0.257 e. The summed E-state index contributed by atoms with van der Waals surface area (Å²) in [5.41, 5.74) is -0.482. The molecule has 1 aliphatic carbocycles. The van der Waals surface area contributed by atoms with Crippen LogP contribution in [0.25, 0.3) is 0 Å². The summed E-state index contributed by atoms with van der Waals surface area (Å²) in [7, 11) is 0.